The number of aliphatic hydroxyl groups excluding tert-OH is 1. The number of carbonyl (C=O) groups is 4. The summed E-state index contributed by atoms with van der Waals surface area (Å²) >= 11 is 0. The Bertz CT molecular complexity index is 1790. The molecule has 0 radical (unpaired) electrons. The minimum absolute atomic E-state index is 0.106. The normalized spacial score (nSPS) is 14.1. The van der Waals surface area contributed by atoms with Crippen molar-refractivity contribution in [2.45, 2.75) is 394 Å². The number of ether oxygens (including phenoxy) is 4. The monoisotopic (exact) mass is 1350 g/mol. The summed E-state index contributed by atoms with van der Waals surface area (Å²) in [6.07, 6.45) is 51.7. The van der Waals surface area contributed by atoms with Gasteiger partial charge in [0, 0.05) is 25.7 Å². The molecule has 0 saturated carbocycles. The lowest BCUT2D eigenvalue weighted by atomic mass is 10.0. The van der Waals surface area contributed by atoms with Crippen molar-refractivity contribution in [2.75, 3.05) is 39.6 Å². The summed E-state index contributed by atoms with van der Waals surface area (Å²) in [5, 5.41) is 10.6. The lowest BCUT2D eigenvalue weighted by Crippen LogP contribution is -2.30. The van der Waals surface area contributed by atoms with Gasteiger partial charge >= 0.3 is 39.5 Å². The second kappa shape index (κ2) is 65.0. The van der Waals surface area contributed by atoms with E-state index in [-0.39, 0.29) is 25.7 Å². The topological polar surface area (TPSA) is 237 Å². The SMILES string of the molecule is CCCCCCCCCCCCCCC(=O)O[C@H](COC(=O)CCCCCCC)COP(=O)(O)OC[C@H](O)COP(=O)(O)OC[C@@H](COC(=O)CCCCCCCCCCCCCCCC(C)C)OC(=O)CCCCCCCCCCCCCCCCCCC(C)C. The molecule has 0 heterocycles. The van der Waals surface area contributed by atoms with E-state index in [0.29, 0.717) is 25.7 Å². The zero-order valence-electron chi connectivity index (χ0n) is 59.9. The van der Waals surface area contributed by atoms with Crippen molar-refractivity contribution in [2.24, 2.45) is 11.8 Å². The Morgan fingerprint density at radius 1 is 0.293 bits per heavy atom. The molecule has 0 aliphatic carbocycles. The fraction of sp³-hybridized carbons (Fsp3) is 0.945. The average Bonchev–Trinajstić information content (AvgIpc) is 2.00. The molecule has 17 nitrogen and oxygen atoms in total. The van der Waals surface area contributed by atoms with Crippen molar-refractivity contribution in [3.63, 3.8) is 0 Å². The fourth-order valence-electron chi connectivity index (χ4n) is 11.1. The van der Waals surface area contributed by atoms with Gasteiger partial charge in [-0.1, -0.05) is 324 Å². The van der Waals surface area contributed by atoms with Gasteiger partial charge in [0.15, 0.2) is 12.2 Å². The van der Waals surface area contributed by atoms with E-state index in [2.05, 4.69) is 41.5 Å². The summed E-state index contributed by atoms with van der Waals surface area (Å²) in [6.45, 7) is 9.54. The summed E-state index contributed by atoms with van der Waals surface area (Å²) in [6, 6.07) is 0. The molecule has 0 fully saturated rings. The number of rotatable bonds is 72. The van der Waals surface area contributed by atoms with Crippen LogP contribution in [0.2, 0.25) is 0 Å². The van der Waals surface area contributed by atoms with Crippen molar-refractivity contribution in [1.82, 2.24) is 0 Å². The largest absolute Gasteiger partial charge is 0.472 e. The summed E-state index contributed by atoms with van der Waals surface area (Å²) in [4.78, 5) is 72.4. The zero-order valence-corrected chi connectivity index (χ0v) is 61.6. The van der Waals surface area contributed by atoms with Gasteiger partial charge in [0.25, 0.3) is 0 Å². The smallest absolute Gasteiger partial charge is 0.462 e. The molecule has 0 aromatic heterocycles. The van der Waals surface area contributed by atoms with Crippen LogP contribution < -0.4 is 0 Å². The van der Waals surface area contributed by atoms with Crippen LogP contribution in [0.4, 0.5) is 0 Å². The molecule has 0 amide bonds. The van der Waals surface area contributed by atoms with Crippen LogP contribution in [-0.4, -0.2) is 96.7 Å². The predicted octanol–water partition coefficient (Wildman–Crippen LogP) is 21.2. The Morgan fingerprint density at radius 3 is 0.739 bits per heavy atom. The molecule has 0 spiro atoms. The zero-order chi connectivity index (χ0) is 67.9. The summed E-state index contributed by atoms with van der Waals surface area (Å²) < 4.78 is 68.2. The van der Waals surface area contributed by atoms with Crippen molar-refractivity contribution < 1.29 is 80.2 Å². The molecule has 0 bridgehead atoms. The third-order valence-electron chi connectivity index (χ3n) is 17.0. The maximum atomic E-state index is 13.1. The molecular formula is C73H142O17P2. The Morgan fingerprint density at radius 2 is 0.500 bits per heavy atom. The lowest BCUT2D eigenvalue weighted by molar-refractivity contribution is -0.161. The average molecular weight is 1350 g/mol. The van der Waals surface area contributed by atoms with Crippen molar-refractivity contribution in [3.8, 4) is 0 Å². The number of unbranched alkanes of at least 4 members (excludes halogenated alkanes) is 42. The van der Waals surface area contributed by atoms with Crippen LogP contribution in [0, 0.1) is 11.8 Å². The van der Waals surface area contributed by atoms with Gasteiger partial charge in [0.2, 0.25) is 0 Å². The molecule has 5 atom stereocenters. The van der Waals surface area contributed by atoms with Gasteiger partial charge in [0.1, 0.15) is 19.3 Å². The van der Waals surface area contributed by atoms with Gasteiger partial charge in [0.05, 0.1) is 26.4 Å². The maximum absolute atomic E-state index is 13.1. The van der Waals surface area contributed by atoms with E-state index in [0.717, 1.165) is 108 Å². The first-order valence-electron chi connectivity index (χ1n) is 38.0. The minimum Gasteiger partial charge on any atom is -0.462 e. The van der Waals surface area contributed by atoms with Crippen molar-refractivity contribution in [1.29, 1.82) is 0 Å². The number of hydrogen-bond acceptors (Lipinski definition) is 15. The molecular weight excluding hydrogens is 1210 g/mol. The highest BCUT2D eigenvalue weighted by Gasteiger charge is 2.30. The Balaban J connectivity index is 5.14. The van der Waals surface area contributed by atoms with Gasteiger partial charge in [-0.15, -0.1) is 0 Å². The summed E-state index contributed by atoms with van der Waals surface area (Å²) in [7, 11) is -9.89. The first kappa shape index (κ1) is 90.1. The van der Waals surface area contributed by atoms with Crippen LogP contribution in [0.25, 0.3) is 0 Å². The number of aliphatic hydroxyl groups is 1. The van der Waals surface area contributed by atoms with Gasteiger partial charge in [-0.25, -0.2) is 9.13 Å². The first-order valence-corrected chi connectivity index (χ1v) is 41.0. The van der Waals surface area contributed by atoms with Gasteiger partial charge in [-0.2, -0.15) is 0 Å². The van der Waals surface area contributed by atoms with Crippen LogP contribution >= 0.6 is 15.6 Å². The Kier molecular flexibility index (Phi) is 63.7. The van der Waals surface area contributed by atoms with Crippen molar-refractivity contribution in [3.05, 3.63) is 0 Å². The first-order chi connectivity index (χ1) is 44.4. The molecule has 92 heavy (non-hydrogen) atoms. The fourth-order valence-corrected chi connectivity index (χ4v) is 12.7. The number of carbonyl (C=O) groups excluding carboxylic acids is 4. The van der Waals surface area contributed by atoms with E-state index < -0.39 is 97.5 Å². The van der Waals surface area contributed by atoms with E-state index in [1.54, 1.807) is 0 Å². The molecule has 0 rings (SSSR count). The lowest BCUT2D eigenvalue weighted by Gasteiger charge is -2.21. The standard InChI is InChI=1S/C73H142O17P2/c1-7-9-11-13-14-15-16-28-34-39-45-51-57-72(77)89-68(61-83-70(75)55-49-41-12-10-8-2)63-87-91(79,80)85-59-67(74)60-86-92(81,82)88-64-69(62-84-71(76)56-50-44-38-33-29-25-21-23-27-32-37-43-48-54-66(5)6)90-73(78)58-52-46-40-35-30-24-20-18-17-19-22-26-31-36-42-47-53-65(3)4/h65-69,74H,7-64H2,1-6H3,(H,79,80)(H,81,82)/t67-,68+,69+/m0/s1. The molecule has 546 valence electrons. The molecule has 19 heteroatoms. The quantitative estimate of drug-likeness (QED) is 0.0222. The highest BCUT2D eigenvalue weighted by molar-refractivity contribution is 7.47. The van der Waals surface area contributed by atoms with Gasteiger partial charge in [-0.05, 0) is 37.5 Å². The van der Waals surface area contributed by atoms with Crippen molar-refractivity contribution >= 4 is 39.5 Å². The third kappa shape index (κ3) is 66.7. The second-order valence-corrected chi connectivity index (χ2v) is 30.2. The van der Waals surface area contributed by atoms with Crippen LogP contribution in [0.15, 0.2) is 0 Å². The van der Waals surface area contributed by atoms with E-state index in [4.69, 9.17) is 37.0 Å². The molecule has 0 aromatic carbocycles. The Hall–Kier alpha value is -1.94. The summed E-state index contributed by atoms with van der Waals surface area (Å²) in [5.41, 5.74) is 0. The number of phosphoric acid groups is 2. The second-order valence-electron chi connectivity index (χ2n) is 27.3. The van der Waals surface area contributed by atoms with Crippen LogP contribution in [0.3, 0.4) is 0 Å². The van der Waals surface area contributed by atoms with Gasteiger partial charge in [-0.3, -0.25) is 37.3 Å². The molecule has 0 saturated heterocycles. The van der Waals surface area contributed by atoms with Crippen LogP contribution in [0.5, 0.6) is 0 Å². The van der Waals surface area contributed by atoms with E-state index >= 15 is 0 Å². The predicted molar refractivity (Wildman–Crippen MR) is 372 cm³/mol. The molecule has 3 N–H and O–H groups in total. The van der Waals surface area contributed by atoms with E-state index in [9.17, 15) is 43.2 Å². The third-order valence-corrected chi connectivity index (χ3v) is 18.9. The number of esters is 4. The molecule has 0 aromatic rings. The number of phosphoric ester groups is 2. The van der Waals surface area contributed by atoms with Crippen LogP contribution in [-0.2, 0) is 65.4 Å². The highest BCUT2D eigenvalue weighted by atomic mass is 31.2. The molecule has 0 aliphatic rings. The Labute approximate surface area is 562 Å². The van der Waals surface area contributed by atoms with E-state index in [1.165, 1.54) is 186 Å². The van der Waals surface area contributed by atoms with Gasteiger partial charge < -0.3 is 33.8 Å². The van der Waals surface area contributed by atoms with E-state index in [1.807, 2.05) is 0 Å². The number of hydrogen-bond donors (Lipinski definition) is 3. The van der Waals surface area contributed by atoms with Crippen LogP contribution in [0.1, 0.15) is 375 Å². The minimum atomic E-state index is -4.95. The maximum Gasteiger partial charge on any atom is 0.472 e. The molecule has 2 unspecified atom stereocenters. The highest BCUT2D eigenvalue weighted by Crippen LogP contribution is 2.45. The summed E-state index contributed by atoms with van der Waals surface area (Å²) in [5.74, 6) is -0.530. The molecule has 0 aliphatic heterocycles.